The molecule has 1 saturated carbocycles. The lowest BCUT2D eigenvalue weighted by molar-refractivity contribution is 0.219. The van der Waals surface area contributed by atoms with Crippen molar-refractivity contribution in [2.75, 3.05) is 25.5 Å². The third-order valence-corrected chi connectivity index (χ3v) is 10.1. The van der Waals surface area contributed by atoms with Gasteiger partial charge in [0.05, 0.1) is 7.05 Å². The van der Waals surface area contributed by atoms with Gasteiger partial charge >= 0.3 is 0 Å². The second-order valence-corrected chi connectivity index (χ2v) is 13.0. The largest absolute Gasteiger partial charge is 0.347 e. The van der Waals surface area contributed by atoms with Crippen molar-refractivity contribution in [3.63, 3.8) is 0 Å². The molecule has 2 heterocycles. The highest BCUT2D eigenvalue weighted by Gasteiger charge is 2.53. The van der Waals surface area contributed by atoms with E-state index in [4.69, 9.17) is 12.2 Å². The van der Waals surface area contributed by atoms with Crippen LogP contribution in [0.3, 0.4) is 0 Å². The number of para-hydroxylation sites is 2. The van der Waals surface area contributed by atoms with Crippen molar-refractivity contribution in [2.45, 2.75) is 70.3 Å². The minimum atomic E-state index is -0.0199. The fourth-order valence-electron chi connectivity index (χ4n) is 7.54. The zero-order chi connectivity index (χ0) is 27.3. The molecule has 3 heteroatoms. The molecule has 0 N–H and O–H groups in total. The SMILES string of the molecule is C=CC[N+]1(C)c2ccccc2C(C)(C)C1C/C=C1\CCC/C(=C\C=C2N(C)c3ccccc3C2(C)C)C1=S. The number of nitrogens with zero attached hydrogens (tertiary/aromatic N) is 2. The Morgan fingerprint density at radius 2 is 1.63 bits per heavy atom. The van der Waals surface area contributed by atoms with Crippen molar-refractivity contribution in [2.24, 2.45) is 0 Å². The van der Waals surface area contributed by atoms with Crippen LogP contribution in [0.4, 0.5) is 11.4 Å². The van der Waals surface area contributed by atoms with Gasteiger partial charge in [-0.15, -0.1) is 0 Å². The average molecular weight is 524 g/mol. The van der Waals surface area contributed by atoms with Crippen LogP contribution in [0.25, 0.3) is 0 Å². The van der Waals surface area contributed by atoms with Gasteiger partial charge in [-0.1, -0.05) is 81.2 Å². The molecule has 2 atom stereocenters. The first kappa shape index (κ1) is 26.8. The maximum atomic E-state index is 6.12. The fraction of sp³-hybridized carbons (Fsp3) is 0.400. The van der Waals surface area contributed by atoms with Crippen LogP contribution in [0.5, 0.6) is 0 Å². The molecule has 2 aromatic rings. The summed E-state index contributed by atoms with van der Waals surface area (Å²) in [6, 6.07) is 18.2. The zero-order valence-corrected chi connectivity index (χ0v) is 24.9. The number of likely N-dealkylation sites (N-methyl/N-ethyl adjacent to an activating group) is 2. The smallest absolute Gasteiger partial charge is 0.137 e. The van der Waals surface area contributed by atoms with Gasteiger partial charge in [0.1, 0.15) is 18.3 Å². The zero-order valence-electron chi connectivity index (χ0n) is 24.1. The summed E-state index contributed by atoms with van der Waals surface area (Å²) in [7, 11) is 4.56. The Bertz CT molecular complexity index is 1370. The number of anilines is 1. The van der Waals surface area contributed by atoms with Crippen LogP contribution in [-0.2, 0) is 10.8 Å². The van der Waals surface area contributed by atoms with Gasteiger partial charge in [0, 0.05) is 46.1 Å². The molecule has 5 rings (SSSR count). The Morgan fingerprint density at radius 3 is 2.34 bits per heavy atom. The van der Waals surface area contributed by atoms with Gasteiger partial charge in [0.15, 0.2) is 0 Å². The topological polar surface area (TPSA) is 3.24 Å². The third-order valence-electron chi connectivity index (χ3n) is 9.62. The van der Waals surface area contributed by atoms with E-state index < -0.39 is 0 Å². The molecule has 0 bridgehead atoms. The number of rotatable bonds is 5. The second-order valence-electron chi connectivity index (χ2n) is 12.6. The summed E-state index contributed by atoms with van der Waals surface area (Å²) in [4.78, 5) is 3.41. The number of benzene rings is 2. The standard InChI is InChI=1S/C35H43N2S/c1-8-24-37(7)30-19-12-10-17-28(30)35(4,5)32(37)23-21-26-15-13-14-25(33(26)38)20-22-31-34(2,3)27-16-9-11-18-29(27)36(31)6/h8-12,16-22,32H,1,13-15,23-24H2,2-7H3/q+1/b25-20+,26-21+,31-22?. The van der Waals surface area contributed by atoms with E-state index in [1.807, 2.05) is 0 Å². The van der Waals surface area contributed by atoms with Crippen molar-refractivity contribution in [1.82, 2.24) is 4.48 Å². The van der Waals surface area contributed by atoms with E-state index in [1.54, 1.807) is 0 Å². The van der Waals surface area contributed by atoms with Gasteiger partial charge in [-0.2, -0.15) is 0 Å². The van der Waals surface area contributed by atoms with Crippen molar-refractivity contribution < 1.29 is 0 Å². The van der Waals surface area contributed by atoms with Crippen LogP contribution in [0.2, 0.25) is 0 Å². The molecule has 1 fully saturated rings. The molecule has 38 heavy (non-hydrogen) atoms. The molecule has 2 aromatic carbocycles. The molecule has 0 radical (unpaired) electrons. The summed E-state index contributed by atoms with van der Waals surface area (Å²) in [6.45, 7) is 14.5. The van der Waals surface area contributed by atoms with Crippen molar-refractivity contribution in [3.8, 4) is 0 Å². The van der Waals surface area contributed by atoms with Gasteiger partial charge in [0.2, 0.25) is 0 Å². The van der Waals surface area contributed by atoms with E-state index in [1.165, 1.54) is 39.3 Å². The predicted octanol–water partition coefficient (Wildman–Crippen LogP) is 8.58. The molecule has 2 unspecified atom stereocenters. The molecule has 2 nitrogen and oxygen atoms in total. The van der Waals surface area contributed by atoms with E-state index >= 15 is 0 Å². The average Bonchev–Trinajstić information content (AvgIpc) is 3.19. The molecule has 0 spiro atoms. The molecule has 3 aliphatic rings. The van der Waals surface area contributed by atoms with Crippen LogP contribution < -0.4 is 9.38 Å². The van der Waals surface area contributed by atoms with E-state index in [-0.39, 0.29) is 10.8 Å². The maximum Gasteiger partial charge on any atom is 0.137 e. The minimum Gasteiger partial charge on any atom is -0.347 e. The molecule has 0 aromatic heterocycles. The van der Waals surface area contributed by atoms with Gasteiger partial charge in [-0.05, 0) is 74.1 Å². The molecule has 198 valence electrons. The monoisotopic (exact) mass is 523 g/mol. The number of thiocarbonyl (C=S) groups is 1. The first-order valence-electron chi connectivity index (χ1n) is 14.1. The van der Waals surface area contributed by atoms with Gasteiger partial charge < -0.3 is 4.90 Å². The lowest BCUT2D eigenvalue weighted by Crippen LogP contribution is -2.55. The van der Waals surface area contributed by atoms with Crippen LogP contribution in [0.15, 0.2) is 96.3 Å². The lowest BCUT2D eigenvalue weighted by Gasteiger charge is -2.39. The first-order valence-corrected chi connectivity index (χ1v) is 14.5. The van der Waals surface area contributed by atoms with E-state index in [0.29, 0.717) is 6.04 Å². The highest BCUT2D eigenvalue weighted by atomic mass is 32.1. The van der Waals surface area contributed by atoms with Crippen LogP contribution in [0.1, 0.15) is 64.5 Å². The molecule has 1 aliphatic carbocycles. The first-order chi connectivity index (χ1) is 18.0. The lowest BCUT2D eigenvalue weighted by atomic mass is 9.78. The number of hydrogen-bond acceptors (Lipinski definition) is 2. The Hall–Kier alpha value is -2.75. The van der Waals surface area contributed by atoms with E-state index in [0.717, 1.165) is 41.6 Å². The Balaban J connectivity index is 1.41. The summed E-state index contributed by atoms with van der Waals surface area (Å²) < 4.78 is 0.903. The summed E-state index contributed by atoms with van der Waals surface area (Å²) in [5.74, 6) is 0. The van der Waals surface area contributed by atoms with Gasteiger partial charge in [-0.3, -0.25) is 4.48 Å². The van der Waals surface area contributed by atoms with Crippen LogP contribution in [0, 0.1) is 0 Å². The normalized spacial score (nSPS) is 28.7. The number of quaternary nitrogens is 1. The minimum absolute atomic E-state index is 0.0199. The van der Waals surface area contributed by atoms with E-state index in [9.17, 15) is 0 Å². The van der Waals surface area contributed by atoms with Crippen molar-refractivity contribution >= 4 is 28.5 Å². The number of fused-ring (bicyclic) bond motifs is 2. The Labute approximate surface area is 235 Å². The van der Waals surface area contributed by atoms with Crippen molar-refractivity contribution in [3.05, 3.63) is 107 Å². The third kappa shape index (κ3) is 4.15. The summed E-state index contributed by atoms with van der Waals surface area (Å²) >= 11 is 6.12. The summed E-state index contributed by atoms with van der Waals surface area (Å²) in [5, 5.41) is 0. The molecule has 0 saturated heterocycles. The fourth-order valence-corrected chi connectivity index (χ4v) is 7.89. The number of hydrogen-bond donors (Lipinski definition) is 0. The molecular formula is C35H43N2S+. The van der Waals surface area contributed by atoms with Crippen molar-refractivity contribution in [1.29, 1.82) is 0 Å². The Kier molecular flexibility index (Phi) is 6.90. The van der Waals surface area contributed by atoms with Crippen LogP contribution in [-0.4, -0.2) is 31.5 Å². The summed E-state index contributed by atoms with van der Waals surface area (Å²) in [5.41, 5.74) is 9.64. The number of allylic oxidation sites excluding steroid dienone is 5. The molecule has 0 amide bonds. The van der Waals surface area contributed by atoms with Gasteiger partial charge in [0.25, 0.3) is 0 Å². The molecular weight excluding hydrogens is 480 g/mol. The summed E-state index contributed by atoms with van der Waals surface area (Å²) in [6.07, 6.45) is 13.5. The predicted molar refractivity (Wildman–Crippen MR) is 169 cm³/mol. The quantitative estimate of drug-likeness (QED) is 0.167. The maximum absolute atomic E-state index is 6.12. The van der Waals surface area contributed by atoms with E-state index in [2.05, 4.69) is 126 Å². The second kappa shape index (κ2) is 9.77. The Morgan fingerprint density at radius 1 is 0.974 bits per heavy atom. The van der Waals surface area contributed by atoms with Gasteiger partial charge in [-0.25, -0.2) is 0 Å². The molecule has 2 aliphatic heterocycles. The highest BCUT2D eigenvalue weighted by molar-refractivity contribution is 7.81. The van der Waals surface area contributed by atoms with Crippen LogP contribution >= 0.6 is 12.2 Å². The highest BCUT2D eigenvalue weighted by Crippen LogP contribution is 2.50.